The molecule has 0 aliphatic rings. The van der Waals surface area contributed by atoms with E-state index in [9.17, 15) is 0 Å². The van der Waals surface area contributed by atoms with Crippen LogP contribution >= 0.6 is 7.82 Å². The van der Waals surface area contributed by atoms with E-state index in [0.29, 0.717) is 0 Å². The summed E-state index contributed by atoms with van der Waals surface area (Å²) in [5, 5.41) is 0. The van der Waals surface area contributed by atoms with E-state index in [4.69, 9.17) is 19.2 Å². The van der Waals surface area contributed by atoms with Gasteiger partial charge in [0.25, 0.3) is 0 Å². The molecule has 0 amide bonds. The number of phosphoric acid groups is 1. The van der Waals surface area contributed by atoms with E-state index in [1.807, 2.05) is 0 Å². The van der Waals surface area contributed by atoms with E-state index in [1.54, 1.807) is 0 Å². The first-order chi connectivity index (χ1) is 2.00. The Hall–Kier alpha value is 0.876. The molecule has 4 nitrogen and oxygen atoms in total. The Labute approximate surface area is 59.5 Å². The Morgan fingerprint density at radius 3 is 1.50 bits per heavy atom. The van der Waals surface area contributed by atoms with Gasteiger partial charge in [0.2, 0.25) is 0 Å². The molecule has 0 heterocycles. The molecule has 0 aromatic heterocycles. The second-order valence-electron chi connectivity index (χ2n) is 0.513. The van der Waals surface area contributed by atoms with Gasteiger partial charge in [0.05, 0.1) is 0 Å². The van der Waals surface area contributed by atoms with Gasteiger partial charge in [-0.1, -0.05) is 0 Å². The summed E-state index contributed by atoms with van der Waals surface area (Å²) < 4.78 is 8.88. The van der Waals surface area contributed by atoms with Crippen LogP contribution in [0.1, 0.15) is 8.56 Å². The van der Waals surface area contributed by atoms with Gasteiger partial charge in [-0.25, -0.2) is 4.57 Å². The topological polar surface area (TPSA) is 77.8 Å². The van der Waals surface area contributed by atoms with Crippen molar-refractivity contribution >= 4 is 30.9 Å². The molecule has 0 saturated heterocycles. The second kappa shape index (κ2) is 2.96. The van der Waals surface area contributed by atoms with Crippen LogP contribution in [0.3, 0.4) is 0 Å². The molecule has 0 aromatic carbocycles. The molecular weight excluding hydrogens is 119 g/mol. The molecule has 0 atom stereocenters. The maximum absolute atomic E-state index is 8.88. The van der Waals surface area contributed by atoms with Gasteiger partial charge in [0, 0.05) is 0 Å². The Morgan fingerprint density at radius 1 is 1.50 bits per heavy atom. The fourth-order valence-electron chi connectivity index (χ4n) is 0. The van der Waals surface area contributed by atoms with Crippen LogP contribution in [-0.4, -0.2) is 37.7 Å². The predicted molar refractivity (Wildman–Crippen MR) is 26.7 cm³/mol. The quantitative estimate of drug-likeness (QED) is 0.300. The Bertz CT molecular complexity index is 65.7. The third-order valence-electron chi connectivity index (χ3n) is 0. The van der Waals surface area contributed by atoms with Gasteiger partial charge in [-0.05, 0) is 0 Å². The van der Waals surface area contributed by atoms with Gasteiger partial charge in [0.15, 0.2) is 0 Å². The van der Waals surface area contributed by atoms with Gasteiger partial charge in [0.1, 0.15) is 0 Å². The van der Waals surface area contributed by atoms with Crippen molar-refractivity contribution in [3.63, 3.8) is 0 Å². The maximum Gasteiger partial charge on any atom is 2.00 e. The summed E-state index contributed by atoms with van der Waals surface area (Å²) >= 11 is 0. The zero-order chi connectivity index (χ0) is 4.50. The molecule has 0 fully saturated rings. The minimum Gasteiger partial charge on any atom is -1.00 e. The molecule has 6 heavy (non-hydrogen) atoms. The van der Waals surface area contributed by atoms with Crippen LogP contribution in [0, 0.1) is 0 Å². The summed E-state index contributed by atoms with van der Waals surface area (Å²) in [5.74, 6) is 0. The fourth-order valence-corrected chi connectivity index (χ4v) is 0. The van der Waals surface area contributed by atoms with Gasteiger partial charge >= 0.3 is 36.6 Å². The summed E-state index contributed by atoms with van der Waals surface area (Å²) in [4.78, 5) is 21.6. The van der Waals surface area contributed by atoms with Crippen molar-refractivity contribution in [1.29, 1.82) is 0 Å². The van der Waals surface area contributed by atoms with E-state index in [2.05, 4.69) is 0 Å². The van der Waals surface area contributed by atoms with E-state index in [-0.39, 0.29) is 31.6 Å². The van der Waals surface area contributed by atoms with E-state index in [0.717, 1.165) is 0 Å². The van der Waals surface area contributed by atoms with Gasteiger partial charge in [-0.15, -0.1) is 0 Å². The monoisotopic (exact) mass is 128 g/mol. The van der Waals surface area contributed by atoms with Crippen molar-refractivity contribution in [3.8, 4) is 0 Å². The summed E-state index contributed by atoms with van der Waals surface area (Å²) in [5.41, 5.74) is 0. The van der Waals surface area contributed by atoms with Crippen LogP contribution in [0.15, 0.2) is 0 Å². The normalized spacial score (nSPS) is 9.83. The molecule has 6 heteroatoms. The molecule has 0 spiro atoms. The minimum absolute atomic E-state index is 0. The number of hydrogen-bond acceptors (Lipinski definition) is 1. The van der Waals surface area contributed by atoms with Crippen LogP contribution in [0.5, 0.6) is 0 Å². The van der Waals surface area contributed by atoms with Crippen LogP contribution in [0.2, 0.25) is 0 Å². The third-order valence-corrected chi connectivity index (χ3v) is 0. The molecule has 0 radical (unpaired) electrons. The van der Waals surface area contributed by atoms with Crippen LogP contribution in [0.4, 0.5) is 0 Å². The molecule has 0 rings (SSSR count). The Balaban J connectivity index is -0.00000000381. The molecule has 0 aromatic rings. The molecule has 36 valence electrons. The van der Waals surface area contributed by atoms with Crippen molar-refractivity contribution in [2.75, 3.05) is 0 Å². The summed E-state index contributed by atoms with van der Waals surface area (Å²) in [6.45, 7) is 0. The van der Waals surface area contributed by atoms with E-state index >= 15 is 0 Å². The first-order valence-electron chi connectivity index (χ1n) is 0.783. The largest absolute Gasteiger partial charge is 2.00 e. The first-order valence-corrected chi connectivity index (χ1v) is 2.35. The van der Waals surface area contributed by atoms with Crippen molar-refractivity contribution < 1.29 is 27.8 Å². The summed E-state index contributed by atoms with van der Waals surface area (Å²) in [6, 6.07) is 0. The van der Waals surface area contributed by atoms with Crippen LogP contribution in [-0.2, 0) is 4.57 Å². The van der Waals surface area contributed by atoms with Crippen molar-refractivity contribution in [2.24, 2.45) is 0 Å². The zero-order valence-electron chi connectivity index (χ0n) is 8.90. The van der Waals surface area contributed by atoms with Gasteiger partial charge < -0.3 is 17.5 Å². The number of hydrogen-bond donors (Lipinski definition) is 3. The molecule has 0 aliphatic heterocycles. The smallest absolute Gasteiger partial charge is 1.00 e. The van der Waals surface area contributed by atoms with E-state index in [1.165, 1.54) is 0 Å². The van der Waals surface area contributed by atoms with E-state index < -0.39 is 7.82 Å². The molecular formula is H9MgO4P+4. The average Bonchev–Trinajstić information content (AvgIpc) is 0.722. The maximum atomic E-state index is 8.88. The SMILES string of the molecule is O=P(O)(O)O.[H+].[H+].[H+].[H+].[H-].[H-].[Mg+2]. The van der Waals surface area contributed by atoms with Crippen LogP contribution in [0.25, 0.3) is 0 Å². The van der Waals surface area contributed by atoms with Gasteiger partial charge in [-0.3, -0.25) is 0 Å². The summed E-state index contributed by atoms with van der Waals surface area (Å²) in [6.07, 6.45) is 0. The third kappa shape index (κ3) is 95.4. The second-order valence-corrected chi connectivity index (χ2v) is 1.54. The fraction of sp³-hybridized carbons (Fsp3) is 0. The van der Waals surface area contributed by atoms with Gasteiger partial charge in [-0.2, -0.15) is 0 Å². The number of rotatable bonds is 0. The zero-order valence-corrected chi connectivity index (χ0v) is 5.21. The predicted octanol–water partition coefficient (Wildman–Crippen LogP) is -0.634. The molecule has 0 bridgehead atoms. The van der Waals surface area contributed by atoms with Crippen LogP contribution < -0.4 is 0 Å². The molecule has 0 saturated carbocycles. The van der Waals surface area contributed by atoms with Crippen molar-refractivity contribution in [1.82, 2.24) is 0 Å². The molecule has 3 N–H and O–H groups in total. The minimum atomic E-state index is -4.64. The van der Waals surface area contributed by atoms with Crippen molar-refractivity contribution in [3.05, 3.63) is 0 Å². The Kier molecular flexibility index (Phi) is 4.92. The standard InChI is InChI=1S/Mg.H3O4P.2H/c;1-5(2,3)4;;/h;(H3,1,2,3,4);;/q+2;;2*-1/p+4. The van der Waals surface area contributed by atoms with Crippen molar-refractivity contribution in [2.45, 2.75) is 0 Å². The molecule has 0 unspecified atom stereocenters. The summed E-state index contributed by atoms with van der Waals surface area (Å²) in [7, 11) is -4.64. The first kappa shape index (κ1) is 9.99. The molecule has 0 aliphatic carbocycles. The Morgan fingerprint density at radius 2 is 1.50 bits per heavy atom. The average molecular weight is 128 g/mol.